The highest BCUT2D eigenvalue weighted by atomic mass is 19.5. The van der Waals surface area contributed by atoms with Gasteiger partial charge in [0.05, 0.1) is 5.69 Å². The maximum atomic E-state index is 13.2. The third-order valence-electron chi connectivity index (χ3n) is 1.75. The van der Waals surface area contributed by atoms with Crippen LogP contribution in [0.4, 0.5) is 43.3 Å². The van der Waals surface area contributed by atoms with E-state index in [2.05, 4.69) is 9.97 Å². The van der Waals surface area contributed by atoms with Gasteiger partial charge in [-0.3, -0.25) is 9.97 Å². The molecule has 0 aliphatic heterocycles. The Morgan fingerprint density at radius 1 is 0.667 bits per heavy atom. The third-order valence-corrected chi connectivity index (χ3v) is 1.75. The fraction of sp³-hybridized carbons (Fsp3) is 0. The van der Waals surface area contributed by atoms with Gasteiger partial charge in [-0.15, -0.1) is 0 Å². The van der Waals surface area contributed by atoms with Crippen LogP contribution in [-0.2, 0) is 0 Å². The number of hydrogen-bond donors (Lipinski definition) is 0. The molecule has 0 unspecified atom stereocenters. The van der Waals surface area contributed by atoms with Crippen molar-refractivity contribution in [2.75, 3.05) is 0 Å². The standard InChI is InChI=1S/C10H6F2N2.2BF4/c11-7-4-6-14-10(9(7)12)8-3-1-2-5-13-8;2*2-1(3,4)5/h1-6H;;/q;2*-1. The molecular weight excluding hydrogens is 360 g/mol. The zero-order valence-corrected chi connectivity index (χ0v) is 11.3. The van der Waals surface area contributed by atoms with Crippen LogP contribution in [0.5, 0.6) is 0 Å². The fourth-order valence-corrected chi connectivity index (χ4v) is 1.10. The molecule has 2 aromatic rings. The summed E-state index contributed by atoms with van der Waals surface area (Å²) in [5, 5.41) is 0. The van der Waals surface area contributed by atoms with Crippen molar-refractivity contribution in [2.24, 2.45) is 0 Å². The Bertz CT molecular complexity index is 593. The van der Waals surface area contributed by atoms with Gasteiger partial charge in [-0.25, -0.2) is 8.78 Å². The first kappa shape index (κ1) is 21.7. The van der Waals surface area contributed by atoms with Crippen LogP contribution < -0.4 is 0 Å². The zero-order chi connectivity index (χ0) is 19.0. The molecule has 0 atom stereocenters. The van der Waals surface area contributed by atoms with Crippen molar-refractivity contribution in [3.8, 4) is 11.4 Å². The summed E-state index contributed by atoms with van der Waals surface area (Å²) in [6.45, 7) is 0. The summed E-state index contributed by atoms with van der Waals surface area (Å²) in [4.78, 5) is 7.61. The van der Waals surface area contributed by atoms with Crippen LogP contribution in [0.25, 0.3) is 11.4 Å². The molecule has 14 heteroatoms. The van der Waals surface area contributed by atoms with Gasteiger partial charge >= 0.3 is 14.5 Å². The largest absolute Gasteiger partial charge is 0.673 e. The number of nitrogens with zero attached hydrogens (tertiary/aromatic N) is 2. The van der Waals surface area contributed by atoms with Gasteiger partial charge < -0.3 is 34.5 Å². The average Bonchev–Trinajstić information content (AvgIpc) is 2.39. The topological polar surface area (TPSA) is 25.8 Å². The molecule has 0 spiro atoms. The first-order chi connectivity index (χ1) is 10.8. The smallest absolute Gasteiger partial charge is 0.418 e. The van der Waals surface area contributed by atoms with Crippen molar-refractivity contribution in [3.05, 3.63) is 48.3 Å². The molecule has 0 saturated heterocycles. The van der Waals surface area contributed by atoms with Crippen molar-refractivity contribution in [1.82, 2.24) is 9.97 Å². The van der Waals surface area contributed by atoms with Crippen LogP contribution >= 0.6 is 0 Å². The summed E-state index contributed by atoms with van der Waals surface area (Å²) in [6.07, 6.45) is 2.71. The molecule has 0 radical (unpaired) electrons. The van der Waals surface area contributed by atoms with Crippen LogP contribution in [-0.4, -0.2) is 24.5 Å². The Morgan fingerprint density at radius 3 is 1.58 bits per heavy atom. The van der Waals surface area contributed by atoms with Crippen molar-refractivity contribution in [3.63, 3.8) is 0 Å². The predicted octanol–water partition coefficient (Wildman–Crippen LogP) is 5.02. The van der Waals surface area contributed by atoms with E-state index in [-0.39, 0.29) is 5.69 Å². The molecule has 0 N–H and O–H groups in total. The molecule has 0 aliphatic carbocycles. The van der Waals surface area contributed by atoms with E-state index >= 15 is 0 Å². The van der Waals surface area contributed by atoms with Crippen LogP contribution in [0.2, 0.25) is 0 Å². The minimum absolute atomic E-state index is 0.0643. The summed E-state index contributed by atoms with van der Waals surface area (Å²) < 4.78 is 104. The van der Waals surface area contributed by atoms with E-state index in [1.165, 1.54) is 12.4 Å². The normalized spacial score (nSPS) is 10.9. The molecule has 0 aliphatic rings. The molecule has 2 rings (SSSR count). The molecule has 0 bridgehead atoms. The average molecular weight is 366 g/mol. The lowest BCUT2D eigenvalue weighted by molar-refractivity contribution is 0.366. The maximum absolute atomic E-state index is 13.2. The summed E-state index contributed by atoms with van der Waals surface area (Å²) >= 11 is 0. The minimum atomic E-state index is -6.00. The van der Waals surface area contributed by atoms with Crippen molar-refractivity contribution in [2.45, 2.75) is 0 Å². The van der Waals surface area contributed by atoms with Crippen LogP contribution in [0.3, 0.4) is 0 Å². The van der Waals surface area contributed by atoms with Crippen molar-refractivity contribution in [1.29, 1.82) is 0 Å². The molecule has 0 aromatic carbocycles. The molecule has 2 nitrogen and oxygen atoms in total. The summed E-state index contributed by atoms with van der Waals surface area (Å²) in [7, 11) is -12.0. The quantitative estimate of drug-likeness (QED) is 0.523. The van der Waals surface area contributed by atoms with Gasteiger partial charge in [0.2, 0.25) is 0 Å². The van der Waals surface area contributed by atoms with Gasteiger partial charge in [-0.1, -0.05) is 6.07 Å². The van der Waals surface area contributed by atoms with E-state index in [0.717, 1.165) is 6.07 Å². The SMILES string of the molecule is F[B-](F)(F)F.F[B-](F)(F)F.Fc1ccnc(-c2ccccn2)c1F. The van der Waals surface area contributed by atoms with Gasteiger partial charge in [-0.05, 0) is 18.2 Å². The van der Waals surface area contributed by atoms with E-state index < -0.39 is 26.1 Å². The predicted molar refractivity (Wildman–Crippen MR) is 67.8 cm³/mol. The zero-order valence-electron chi connectivity index (χ0n) is 11.3. The molecule has 24 heavy (non-hydrogen) atoms. The van der Waals surface area contributed by atoms with Crippen LogP contribution in [0.15, 0.2) is 36.7 Å². The number of hydrogen-bond acceptors (Lipinski definition) is 2. The van der Waals surface area contributed by atoms with E-state index in [1.54, 1.807) is 18.2 Å². The Morgan fingerprint density at radius 2 is 1.17 bits per heavy atom. The first-order valence-corrected chi connectivity index (χ1v) is 5.75. The Kier molecular flexibility index (Phi) is 8.27. The van der Waals surface area contributed by atoms with Crippen LogP contribution in [0, 0.1) is 11.6 Å². The maximum Gasteiger partial charge on any atom is 0.673 e. The second kappa shape index (κ2) is 9.13. The fourth-order valence-electron chi connectivity index (χ4n) is 1.10. The summed E-state index contributed by atoms with van der Waals surface area (Å²) in [5.41, 5.74) is 0.259. The van der Waals surface area contributed by atoms with Crippen LogP contribution in [0.1, 0.15) is 0 Å². The van der Waals surface area contributed by atoms with Crippen molar-refractivity contribution >= 4 is 14.5 Å². The number of rotatable bonds is 1. The lowest BCUT2D eigenvalue weighted by Gasteiger charge is -2.00. The second-order valence-electron chi connectivity index (χ2n) is 3.66. The van der Waals surface area contributed by atoms with Gasteiger partial charge in [0.25, 0.3) is 0 Å². The summed E-state index contributed by atoms with van der Waals surface area (Å²) in [6, 6.07) is 5.93. The second-order valence-corrected chi connectivity index (χ2v) is 3.66. The third kappa shape index (κ3) is 12.3. The molecule has 0 fully saturated rings. The number of aromatic nitrogens is 2. The Balaban J connectivity index is 0.000000442. The van der Waals surface area contributed by atoms with Gasteiger partial charge in [0.15, 0.2) is 11.6 Å². The number of halogens is 10. The number of pyridine rings is 2. The molecule has 0 amide bonds. The van der Waals surface area contributed by atoms with E-state index in [9.17, 15) is 43.3 Å². The Hall–Kier alpha value is -2.27. The van der Waals surface area contributed by atoms with Gasteiger partial charge in [-0.2, -0.15) is 0 Å². The summed E-state index contributed by atoms with van der Waals surface area (Å²) in [5.74, 6) is -1.88. The molecule has 134 valence electrons. The molecular formula is C10H6B2F10N2-2. The highest BCUT2D eigenvalue weighted by molar-refractivity contribution is 6.50. The van der Waals surface area contributed by atoms with Gasteiger partial charge in [0.1, 0.15) is 5.69 Å². The minimum Gasteiger partial charge on any atom is -0.418 e. The monoisotopic (exact) mass is 366 g/mol. The molecule has 2 heterocycles. The molecule has 0 saturated carbocycles. The van der Waals surface area contributed by atoms with E-state index in [1.807, 2.05) is 0 Å². The highest BCUT2D eigenvalue weighted by Crippen LogP contribution is 2.18. The highest BCUT2D eigenvalue weighted by Gasteiger charge is 2.21. The van der Waals surface area contributed by atoms with Gasteiger partial charge in [0, 0.05) is 12.4 Å². The lowest BCUT2D eigenvalue weighted by atomic mass is 10.2. The molecule has 2 aromatic heterocycles. The lowest BCUT2D eigenvalue weighted by Crippen LogP contribution is -2.02. The van der Waals surface area contributed by atoms with Crippen molar-refractivity contribution < 1.29 is 43.3 Å². The van der Waals surface area contributed by atoms with E-state index in [0.29, 0.717) is 5.69 Å². The Labute approximate surface area is 128 Å². The first-order valence-electron chi connectivity index (χ1n) is 5.75. The van der Waals surface area contributed by atoms with E-state index in [4.69, 9.17) is 0 Å².